The van der Waals surface area contributed by atoms with E-state index < -0.39 is 0 Å². The summed E-state index contributed by atoms with van der Waals surface area (Å²) >= 11 is 1.67. The number of thiophene rings is 1. The van der Waals surface area contributed by atoms with E-state index in [4.69, 9.17) is 5.73 Å². The summed E-state index contributed by atoms with van der Waals surface area (Å²) in [6.07, 6.45) is 0. The summed E-state index contributed by atoms with van der Waals surface area (Å²) in [6, 6.07) is 9.87. The van der Waals surface area contributed by atoms with Crippen molar-refractivity contribution in [2.75, 3.05) is 5.73 Å². The molecule has 3 N–H and O–H groups in total. The Labute approximate surface area is 90.5 Å². The number of nitrogens with zero attached hydrogens (tertiary/aromatic N) is 1. The highest BCUT2D eigenvalue weighted by atomic mass is 32.1. The van der Waals surface area contributed by atoms with E-state index >= 15 is 0 Å². The maximum absolute atomic E-state index is 5.95. The van der Waals surface area contributed by atoms with E-state index in [2.05, 4.69) is 10.2 Å². The molecule has 0 aliphatic heterocycles. The summed E-state index contributed by atoms with van der Waals surface area (Å²) in [5, 5.41) is 10.3. The summed E-state index contributed by atoms with van der Waals surface area (Å²) in [7, 11) is 0. The van der Waals surface area contributed by atoms with E-state index in [0.717, 1.165) is 27.2 Å². The maximum atomic E-state index is 5.95. The minimum Gasteiger partial charge on any atom is -0.398 e. The molecule has 0 aliphatic rings. The quantitative estimate of drug-likeness (QED) is 0.613. The molecule has 0 saturated heterocycles. The monoisotopic (exact) mass is 215 g/mol. The number of rotatable bonds is 1. The summed E-state index contributed by atoms with van der Waals surface area (Å²) in [5.74, 6) is 0. The lowest BCUT2D eigenvalue weighted by Gasteiger charge is -1.96. The van der Waals surface area contributed by atoms with Crippen LogP contribution < -0.4 is 5.73 Å². The van der Waals surface area contributed by atoms with Crippen LogP contribution in [0.2, 0.25) is 0 Å². The average Bonchev–Trinajstić information content (AvgIpc) is 2.85. The first-order chi connectivity index (χ1) is 7.36. The van der Waals surface area contributed by atoms with Crippen LogP contribution in [-0.2, 0) is 0 Å². The minimum absolute atomic E-state index is 0.768. The van der Waals surface area contributed by atoms with Gasteiger partial charge in [-0.05, 0) is 23.6 Å². The summed E-state index contributed by atoms with van der Waals surface area (Å²) in [6.45, 7) is 0. The third kappa shape index (κ3) is 1.22. The maximum Gasteiger partial charge on any atom is 0.112 e. The summed E-state index contributed by atoms with van der Waals surface area (Å²) in [5.41, 5.74) is 8.65. The SMILES string of the molecule is Nc1cccc2[nH]nc(-c3cccs3)c12. The number of anilines is 1. The van der Waals surface area contributed by atoms with Crippen LogP contribution in [0.3, 0.4) is 0 Å². The Hall–Kier alpha value is -1.81. The van der Waals surface area contributed by atoms with Crippen LogP contribution >= 0.6 is 11.3 Å². The minimum atomic E-state index is 0.768. The number of nitrogens with two attached hydrogens (primary N) is 1. The zero-order valence-corrected chi connectivity index (χ0v) is 8.71. The number of fused-ring (bicyclic) bond motifs is 1. The van der Waals surface area contributed by atoms with Crippen molar-refractivity contribution >= 4 is 27.9 Å². The number of nitrogens with one attached hydrogen (secondary N) is 1. The van der Waals surface area contributed by atoms with Gasteiger partial charge in [0.05, 0.1) is 15.8 Å². The van der Waals surface area contributed by atoms with Crippen LogP contribution in [0.4, 0.5) is 5.69 Å². The predicted molar refractivity (Wildman–Crippen MR) is 63.8 cm³/mol. The molecule has 2 heterocycles. The molecule has 74 valence electrons. The molecule has 0 amide bonds. The number of benzene rings is 1. The van der Waals surface area contributed by atoms with Crippen LogP contribution in [0.5, 0.6) is 0 Å². The van der Waals surface area contributed by atoms with Crippen molar-refractivity contribution < 1.29 is 0 Å². The standard InChI is InChI=1S/C11H9N3S/c12-7-3-1-4-8-10(7)11(14-13-8)9-5-2-6-15-9/h1-6H,12H2,(H,13,14). The number of H-pyrrole nitrogens is 1. The molecule has 0 radical (unpaired) electrons. The van der Waals surface area contributed by atoms with E-state index in [1.165, 1.54) is 0 Å². The second-order valence-electron chi connectivity index (χ2n) is 3.32. The molecular weight excluding hydrogens is 206 g/mol. The van der Waals surface area contributed by atoms with E-state index in [9.17, 15) is 0 Å². The van der Waals surface area contributed by atoms with Gasteiger partial charge in [0.15, 0.2) is 0 Å². The van der Waals surface area contributed by atoms with Crippen molar-refractivity contribution in [1.29, 1.82) is 0 Å². The third-order valence-corrected chi connectivity index (χ3v) is 3.25. The Morgan fingerprint density at radius 3 is 2.93 bits per heavy atom. The van der Waals surface area contributed by atoms with Gasteiger partial charge in [-0.1, -0.05) is 12.1 Å². The molecule has 1 aromatic carbocycles. The van der Waals surface area contributed by atoms with E-state index in [1.54, 1.807) is 11.3 Å². The van der Waals surface area contributed by atoms with Gasteiger partial charge in [-0.2, -0.15) is 5.10 Å². The average molecular weight is 215 g/mol. The van der Waals surface area contributed by atoms with Crippen molar-refractivity contribution in [3.63, 3.8) is 0 Å². The fourth-order valence-corrected chi connectivity index (χ4v) is 2.41. The first-order valence-corrected chi connectivity index (χ1v) is 5.50. The van der Waals surface area contributed by atoms with Crippen LogP contribution in [0.25, 0.3) is 21.5 Å². The molecule has 4 heteroatoms. The fourth-order valence-electron chi connectivity index (χ4n) is 1.69. The highest BCUT2D eigenvalue weighted by Gasteiger charge is 2.10. The van der Waals surface area contributed by atoms with Gasteiger partial charge in [-0.3, -0.25) is 5.10 Å². The largest absolute Gasteiger partial charge is 0.398 e. The van der Waals surface area contributed by atoms with E-state index in [-0.39, 0.29) is 0 Å². The molecule has 3 aromatic rings. The van der Waals surface area contributed by atoms with Crippen molar-refractivity contribution in [3.05, 3.63) is 35.7 Å². The number of aromatic amines is 1. The van der Waals surface area contributed by atoms with E-state index in [0.29, 0.717) is 0 Å². The Balaban J connectivity index is 2.37. The molecule has 2 aromatic heterocycles. The van der Waals surface area contributed by atoms with Crippen molar-refractivity contribution in [1.82, 2.24) is 10.2 Å². The highest BCUT2D eigenvalue weighted by Crippen LogP contribution is 2.32. The molecule has 3 rings (SSSR count). The Kier molecular flexibility index (Phi) is 1.76. The molecule has 0 saturated carbocycles. The Morgan fingerprint density at radius 1 is 1.20 bits per heavy atom. The van der Waals surface area contributed by atoms with Gasteiger partial charge in [-0.25, -0.2) is 0 Å². The molecule has 0 bridgehead atoms. The van der Waals surface area contributed by atoms with Gasteiger partial charge in [-0.15, -0.1) is 11.3 Å². The zero-order chi connectivity index (χ0) is 10.3. The third-order valence-electron chi connectivity index (χ3n) is 2.38. The Bertz CT molecular complexity index is 595. The van der Waals surface area contributed by atoms with Crippen LogP contribution in [0.1, 0.15) is 0 Å². The second kappa shape index (κ2) is 3.10. The normalized spacial score (nSPS) is 10.9. The van der Waals surface area contributed by atoms with Gasteiger partial charge in [0.25, 0.3) is 0 Å². The highest BCUT2D eigenvalue weighted by molar-refractivity contribution is 7.13. The Morgan fingerprint density at radius 2 is 2.13 bits per heavy atom. The van der Waals surface area contributed by atoms with Gasteiger partial charge in [0.1, 0.15) is 5.69 Å². The van der Waals surface area contributed by atoms with Crippen molar-refractivity contribution in [2.45, 2.75) is 0 Å². The van der Waals surface area contributed by atoms with Gasteiger partial charge in [0, 0.05) is 5.69 Å². The molecule has 0 fully saturated rings. The smallest absolute Gasteiger partial charge is 0.112 e. The van der Waals surface area contributed by atoms with Crippen molar-refractivity contribution in [2.24, 2.45) is 0 Å². The second-order valence-corrected chi connectivity index (χ2v) is 4.27. The number of nitrogen functional groups attached to an aromatic ring is 1. The molecule has 3 nitrogen and oxygen atoms in total. The van der Waals surface area contributed by atoms with Crippen LogP contribution in [-0.4, -0.2) is 10.2 Å². The number of aromatic nitrogens is 2. The lowest BCUT2D eigenvalue weighted by atomic mass is 10.1. The van der Waals surface area contributed by atoms with Crippen LogP contribution in [0.15, 0.2) is 35.7 Å². The van der Waals surface area contributed by atoms with Crippen LogP contribution in [0, 0.1) is 0 Å². The van der Waals surface area contributed by atoms with E-state index in [1.807, 2.05) is 35.7 Å². The molecule has 0 spiro atoms. The fraction of sp³-hybridized carbons (Fsp3) is 0. The molecule has 15 heavy (non-hydrogen) atoms. The first-order valence-electron chi connectivity index (χ1n) is 4.63. The van der Waals surface area contributed by atoms with Gasteiger partial charge in [0.2, 0.25) is 0 Å². The molecular formula is C11H9N3S. The lowest BCUT2D eigenvalue weighted by Crippen LogP contribution is -1.85. The predicted octanol–water partition coefficient (Wildman–Crippen LogP) is 2.87. The first kappa shape index (κ1) is 8.49. The lowest BCUT2D eigenvalue weighted by molar-refractivity contribution is 1.13. The van der Waals surface area contributed by atoms with Gasteiger partial charge < -0.3 is 5.73 Å². The molecule has 0 atom stereocenters. The summed E-state index contributed by atoms with van der Waals surface area (Å²) < 4.78 is 0. The number of hydrogen-bond acceptors (Lipinski definition) is 3. The zero-order valence-electron chi connectivity index (χ0n) is 7.90. The van der Waals surface area contributed by atoms with Crippen molar-refractivity contribution in [3.8, 4) is 10.6 Å². The topological polar surface area (TPSA) is 54.7 Å². The number of hydrogen-bond donors (Lipinski definition) is 2. The van der Waals surface area contributed by atoms with Gasteiger partial charge >= 0.3 is 0 Å². The molecule has 0 unspecified atom stereocenters. The summed E-state index contributed by atoms with van der Waals surface area (Å²) in [4.78, 5) is 1.14. The molecule has 0 aliphatic carbocycles.